The summed E-state index contributed by atoms with van der Waals surface area (Å²) in [5, 5.41) is 0.796. The number of hydrogen-bond donors (Lipinski definition) is 0. The first-order valence-electron chi connectivity index (χ1n) is 5.83. The van der Waals surface area contributed by atoms with Crippen LogP contribution in [0.5, 0.6) is 0 Å². The Bertz CT molecular complexity index is 503. The fourth-order valence-corrected chi connectivity index (χ4v) is 2.42. The van der Waals surface area contributed by atoms with Crippen LogP contribution in [0.2, 0.25) is 5.02 Å². The Morgan fingerprint density at radius 3 is 2.82 bits per heavy atom. The lowest BCUT2D eigenvalue weighted by Crippen LogP contribution is -2.29. The molecule has 0 atom stereocenters. The van der Waals surface area contributed by atoms with Crippen LogP contribution in [-0.4, -0.2) is 11.4 Å². The van der Waals surface area contributed by atoms with E-state index in [4.69, 9.17) is 16.0 Å². The largest absolute Gasteiger partial charge is 0.469 e. The molecule has 3 heteroatoms. The third-order valence-electron chi connectivity index (χ3n) is 3.21. The Balaban J connectivity index is 1.69. The van der Waals surface area contributed by atoms with Gasteiger partial charge in [0.15, 0.2) is 0 Å². The molecule has 1 aromatic carbocycles. The summed E-state index contributed by atoms with van der Waals surface area (Å²) in [6.07, 6.45) is 2.80. The van der Waals surface area contributed by atoms with Gasteiger partial charge in [0, 0.05) is 36.6 Å². The Labute approximate surface area is 106 Å². The first-order valence-corrected chi connectivity index (χ1v) is 6.21. The van der Waals surface area contributed by atoms with E-state index in [9.17, 15) is 0 Å². The van der Waals surface area contributed by atoms with Gasteiger partial charge in [0.25, 0.3) is 0 Å². The molecule has 0 radical (unpaired) electrons. The van der Waals surface area contributed by atoms with E-state index in [-0.39, 0.29) is 0 Å². The van der Waals surface area contributed by atoms with Crippen LogP contribution in [0.25, 0.3) is 0 Å². The van der Waals surface area contributed by atoms with E-state index >= 15 is 0 Å². The number of hydrogen-bond acceptors (Lipinski definition) is 2. The summed E-state index contributed by atoms with van der Waals surface area (Å²) in [7, 11) is 0. The normalized spacial score (nSPS) is 15.8. The van der Waals surface area contributed by atoms with Crippen molar-refractivity contribution in [3.8, 4) is 0 Å². The molecule has 0 amide bonds. The van der Waals surface area contributed by atoms with Gasteiger partial charge in [-0.3, -0.25) is 4.90 Å². The third kappa shape index (κ3) is 2.38. The average molecular weight is 248 g/mol. The van der Waals surface area contributed by atoms with Crippen LogP contribution < -0.4 is 0 Å². The zero-order valence-electron chi connectivity index (χ0n) is 9.53. The van der Waals surface area contributed by atoms with E-state index in [2.05, 4.69) is 23.1 Å². The van der Waals surface area contributed by atoms with Gasteiger partial charge in [-0.2, -0.15) is 0 Å². The second-order valence-corrected chi connectivity index (χ2v) is 4.89. The quantitative estimate of drug-likeness (QED) is 0.808. The SMILES string of the molecule is Clc1ccc(CN2CCc3occc3C2)cc1. The summed E-state index contributed by atoms with van der Waals surface area (Å²) in [6, 6.07) is 10.2. The molecule has 0 spiro atoms. The molecule has 2 heterocycles. The summed E-state index contributed by atoms with van der Waals surface area (Å²) >= 11 is 5.88. The Hall–Kier alpha value is -1.25. The Morgan fingerprint density at radius 1 is 1.18 bits per heavy atom. The predicted molar refractivity (Wildman–Crippen MR) is 68.0 cm³/mol. The molecule has 88 valence electrons. The molecule has 0 bridgehead atoms. The zero-order chi connectivity index (χ0) is 11.7. The van der Waals surface area contributed by atoms with Crippen LogP contribution in [0.1, 0.15) is 16.9 Å². The lowest BCUT2D eigenvalue weighted by Gasteiger charge is -2.26. The number of nitrogens with zero attached hydrogens (tertiary/aromatic N) is 1. The van der Waals surface area contributed by atoms with Crippen LogP contribution in [0.15, 0.2) is 41.0 Å². The second-order valence-electron chi connectivity index (χ2n) is 4.46. The standard InChI is InChI=1S/C14H14ClNO/c15-13-3-1-11(2-4-13)9-16-7-5-14-12(10-16)6-8-17-14/h1-4,6,8H,5,7,9-10H2. The van der Waals surface area contributed by atoms with Gasteiger partial charge >= 0.3 is 0 Å². The van der Waals surface area contributed by atoms with E-state index in [1.165, 1.54) is 11.1 Å². The molecule has 2 nitrogen and oxygen atoms in total. The number of fused-ring (bicyclic) bond motifs is 1. The summed E-state index contributed by atoms with van der Waals surface area (Å²) in [6.45, 7) is 3.01. The van der Waals surface area contributed by atoms with E-state index in [0.717, 1.165) is 36.8 Å². The number of benzene rings is 1. The fourth-order valence-electron chi connectivity index (χ4n) is 2.29. The molecule has 1 aromatic heterocycles. The third-order valence-corrected chi connectivity index (χ3v) is 3.46. The van der Waals surface area contributed by atoms with Crippen LogP contribution in [0, 0.1) is 0 Å². The summed E-state index contributed by atoms with van der Waals surface area (Å²) < 4.78 is 5.43. The lowest BCUT2D eigenvalue weighted by atomic mass is 10.1. The fraction of sp³-hybridized carbons (Fsp3) is 0.286. The van der Waals surface area contributed by atoms with Crippen LogP contribution in [0.4, 0.5) is 0 Å². The summed E-state index contributed by atoms with van der Waals surface area (Å²) in [5.41, 5.74) is 2.63. The highest BCUT2D eigenvalue weighted by Crippen LogP contribution is 2.21. The topological polar surface area (TPSA) is 16.4 Å². The molecule has 0 N–H and O–H groups in total. The van der Waals surface area contributed by atoms with Crippen LogP contribution >= 0.6 is 11.6 Å². The van der Waals surface area contributed by atoms with E-state index in [0.29, 0.717) is 0 Å². The molecule has 0 saturated heterocycles. The van der Waals surface area contributed by atoms with Crippen LogP contribution in [-0.2, 0) is 19.5 Å². The van der Waals surface area contributed by atoms with Gasteiger partial charge in [-0.1, -0.05) is 23.7 Å². The van der Waals surface area contributed by atoms with Crippen LogP contribution in [0.3, 0.4) is 0 Å². The first kappa shape index (κ1) is 10.9. The van der Waals surface area contributed by atoms with Crippen molar-refractivity contribution >= 4 is 11.6 Å². The second kappa shape index (κ2) is 4.55. The molecule has 17 heavy (non-hydrogen) atoms. The summed E-state index contributed by atoms with van der Waals surface area (Å²) in [4.78, 5) is 2.43. The molecule has 1 aliphatic rings. The van der Waals surface area contributed by atoms with Crippen molar-refractivity contribution in [2.75, 3.05) is 6.54 Å². The van der Waals surface area contributed by atoms with E-state index < -0.39 is 0 Å². The molecule has 0 saturated carbocycles. The highest BCUT2D eigenvalue weighted by molar-refractivity contribution is 6.30. The minimum Gasteiger partial charge on any atom is -0.469 e. The molecular formula is C14H14ClNO. The smallest absolute Gasteiger partial charge is 0.109 e. The van der Waals surface area contributed by atoms with Gasteiger partial charge in [0.2, 0.25) is 0 Å². The van der Waals surface area contributed by atoms with Gasteiger partial charge in [-0.05, 0) is 23.8 Å². The van der Waals surface area contributed by atoms with Crippen molar-refractivity contribution in [3.63, 3.8) is 0 Å². The first-order chi connectivity index (χ1) is 8.31. The van der Waals surface area contributed by atoms with Gasteiger partial charge in [-0.15, -0.1) is 0 Å². The van der Waals surface area contributed by atoms with Crippen molar-refractivity contribution in [2.24, 2.45) is 0 Å². The van der Waals surface area contributed by atoms with Crippen molar-refractivity contribution in [1.29, 1.82) is 0 Å². The van der Waals surface area contributed by atoms with E-state index in [1.807, 2.05) is 12.1 Å². The maximum Gasteiger partial charge on any atom is 0.109 e. The summed E-state index contributed by atoms with van der Waals surface area (Å²) in [5.74, 6) is 1.15. The monoisotopic (exact) mass is 247 g/mol. The predicted octanol–water partition coefficient (Wildman–Crippen LogP) is 3.49. The molecule has 1 aliphatic heterocycles. The molecule has 0 aliphatic carbocycles. The molecule has 0 unspecified atom stereocenters. The number of rotatable bonds is 2. The Kier molecular flexibility index (Phi) is 2.91. The van der Waals surface area contributed by atoms with Crippen molar-refractivity contribution in [2.45, 2.75) is 19.5 Å². The minimum absolute atomic E-state index is 0.796. The van der Waals surface area contributed by atoms with Gasteiger partial charge in [-0.25, -0.2) is 0 Å². The zero-order valence-corrected chi connectivity index (χ0v) is 10.3. The highest BCUT2D eigenvalue weighted by atomic mass is 35.5. The lowest BCUT2D eigenvalue weighted by molar-refractivity contribution is 0.234. The van der Waals surface area contributed by atoms with Gasteiger partial charge in [0.1, 0.15) is 5.76 Å². The maximum atomic E-state index is 5.88. The molecule has 2 aromatic rings. The molecule has 3 rings (SSSR count). The average Bonchev–Trinajstić information content (AvgIpc) is 2.79. The number of furan rings is 1. The van der Waals surface area contributed by atoms with Crippen molar-refractivity contribution in [3.05, 3.63) is 58.5 Å². The van der Waals surface area contributed by atoms with Gasteiger partial charge < -0.3 is 4.42 Å². The van der Waals surface area contributed by atoms with Gasteiger partial charge in [0.05, 0.1) is 6.26 Å². The maximum absolute atomic E-state index is 5.88. The minimum atomic E-state index is 0.796. The number of halogens is 1. The molecular weight excluding hydrogens is 234 g/mol. The Morgan fingerprint density at radius 2 is 2.00 bits per heavy atom. The highest BCUT2D eigenvalue weighted by Gasteiger charge is 2.18. The van der Waals surface area contributed by atoms with Crippen molar-refractivity contribution in [1.82, 2.24) is 4.90 Å². The molecule has 0 fully saturated rings. The van der Waals surface area contributed by atoms with Crippen molar-refractivity contribution < 1.29 is 4.42 Å². The van der Waals surface area contributed by atoms with E-state index in [1.54, 1.807) is 6.26 Å².